The van der Waals surface area contributed by atoms with E-state index >= 15 is 0 Å². The van der Waals surface area contributed by atoms with Crippen molar-refractivity contribution in [2.75, 3.05) is 0 Å². The summed E-state index contributed by atoms with van der Waals surface area (Å²) >= 11 is 0. The van der Waals surface area contributed by atoms with Crippen LogP contribution in [0.1, 0.15) is 45.1 Å². The minimum atomic E-state index is -0.147. The highest BCUT2D eigenvalue weighted by Crippen LogP contribution is 2.23. The van der Waals surface area contributed by atoms with Gasteiger partial charge in [0.05, 0.1) is 0 Å². The summed E-state index contributed by atoms with van der Waals surface area (Å²) in [5, 5.41) is 0. The number of hydrogen-bond acceptors (Lipinski definition) is 4. The lowest BCUT2D eigenvalue weighted by Crippen LogP contribution is -2.07. The Morgan fingerprint density at radius 2 is 1.35 bits per heavy atom. The molecule has 0 unspecified atom stereocenters. The minimum Gasteiger partial charge on any atom is -0.429 e. The van der Waals surface area contributed by atoms with E-state index in [4.69, 9.17) is 4.74 Å². The van der Waals surface area contributed by atoms with Gasteiger partial charge in [-0.05, 0) is 60.8 Å². The van der Waals surface area contributed by atoms with Crippen molar-refractivity contribution >= 4 is 12.4 Å². The number of aryl methyl sites for hydroxylation is 1. The van der Waals surface area contributed by atoms with Gasteiger partial charge in [0.25, 0.3) is 6.47 Å². The molecular formula is C33H38O4. The number of esters is 1. The molecule has 0 atom stereocenters. The van der Waals surface area contributed by atoms with Gasteiger partial charge in [0.2, 0.25) is 0 Å². The van der Waals surface area contributed by atoms with Crippen LogP contribution in [-0.2, 0) is 14.3 Å². The lowest BCUT2D eigenvalue weighted by atomic mass is 10.0. The predicted octanol–water partition coefficient (Wildman–Crippen LogP) is 8.62. The molecule has 2 aromatic carbocycles. The first-order valence-corrected chi connectivity index (χ1v) is 12.2. The third kappa shape index (κ3) is 13.5. The van der Waals surface area contributed by atoms with Gasteiger partial charge >= 0.3 is 5.97 Å². The second kappa shape index (κ2) is 17.3. The SMILES string of the molecule is C=C(C)/C=C\C(=C)C(=C)/C=C\C(=C)OC=O.CCCCCC(=O)Oc1ccc(-c2ccc(C)cc2)cc1. The highest BCUT2D eigenvalue weighted by molar-refractivity contribution is 5.73. The lowest BCUT2D eigenvalue weighted by molar-refractivity contribution is -0.134. The molecule has 2 aromatic rings. The fourth-order valence-corrected chi connectivity index (χ4v) is 2.91. The molecule has 0 heterocycles. The Hall–Kier alpha value is -4.18. The molecule has 0 aliphatic heterocycles. The van der Waals surface area contributed by atoms with Crippen LogP contribution < -0.4 is 4.74 Å². The Morgan fingerprint density at radius 1 is 0.811 bits per heavy atom. The van der Waals surface area contributed by atoms with Crippen molar-refractivity contribution in [1.82, 2.24) is 0 Å². The smallest absolute Gasteiger partial charge is 0.311 e. The molecule has 0 saturated heterocycles. The van der Waals surface area contributed by atoms with Crippen LogP contribution in [0.3, 0.4) is 0 Å². The van der Waals surface area contributed by atoms with E-state index in [2.05, 4.69) is 69.2 Å². The van der Waals surface area contributed by atoms with Crippen LogP contribution in [0, 0.1) is 6.92 Å². The molecule has 37 heavy (non-hydrogen) atoms. The maximum atomic E-state index is 11.7. The number of allylic oxidation sites excluding steroid dienone is 7. The van der Waals surface area contributed by atoms with Gasteiger partial charge in [0.1, 0.15) is 11.5 Å². The molecule has 4 nitrogen and oxygen atoms in total. The average Bonchev–Trinajstić information content (AvgIpc) is 2.87. The molecule has 0 saturated carbocycles. The van der Waals surface area contributed by atoms with E-state index in [1.807, 2.05) is 43.3 Å². The summed E-state index contributed by atoms with van der Waals surface area (Å²) in [6.45, 7) is 21.3. The second-order valence-corrected chi connectivity index (χ2v) is 8.57. The lowest BCUT2D eigenvalue weighted by Gasteiger charge is -2.06. The normalized spacial score (nSPS) is 10.4. The summed E-state index contributed by atoms with van der Waals surface area (Å²) in [6, 6.07) is 16.1. The Bertz CT molecular complexity index is 1130. The molecule has 0 spiro atoms. The number of unbranched alkanes of at least 4 members (excludes halogenated alkanes) is 2. The minimum absolute atomic E-state index is 0.147. The Morgan fingerprint density at radius 3 is 1.86 bits per heavy atom. The molecular weight excluding hydrogens is 460 g/mol. The van der Waals surface area contributed by atoms with Gasteiger partial charge in [-0.15, -0.1) is 0 Å². The molecule has 0 bridgehead atoms. The van der Waals surface area contributed by atoms with Gasteiger partial charge < -0.3 is 9.47 Å². The van der Waals surface area contributed by atoms with Gasteiger partial charge in [-0.3, -0.25) is 9.59 Å². The van der Waals surface area contributed by atoms with Gasteiger partial charge in [-0.1, -0.05) is 112 Å². The van der Waals surface area contributed by atoms with Gasteiger partial charge in [0.15, 0.2) is 0 Å². The van der Waals surface area contributed by atoms with E-state index in [1.165, 1.54) is 11.1 Å². The Kier molecular flexibility index (Phi) is 14.4. The zero-order valence-corrected chi connectivity index (χ0v) is 22.3. The van der Waals surface area contributed by atoms with E-state index in [-0.39, 0.29) is 11.7 Å². The third-order valence-corrected chi connectivity index (χ3v) is 5.11. The molecule has 2 rings (SSSR count). The standard InChI is InChI=1S/C19H22O2.C14H16O2/c1-3-4-5-6-19(20)21-18-13-11-17(12-14-18)16-9-7-15(2)8-10-16;1-11(2)6-7-12(3)13(4)8-9-14(5)16-10-15/h7-14H,3-6H2,1-2H3;6-10H,1,3-5H2,2H3/b;7-6-,9-8-. The second-order valence-electron chi connectivity index (χ2n) is 8.57. The Labute approximate surface area is 222 Å². The van der Waals surface area contributed by atoms with Crippen LogP contribution in [0.5, 0.6) is 5.75 Å². The summed E-state index contributed by atoms with van der Waals surface area (Å²) < 4.78 is 9.84. The fourth-order valence-electron chi connectivity index (χ4n) is 2.91. The molecule has 194 valence electrons. The van der Waals surface area contributed by atoms with E-state index in [0.717, 1.165) is 36.0 Å². The molecule has 0 aliphatic carbocycles. The van der Waals surface area contributed by atoms with Crippen LogP contribution in [0.15, 0.2) is 122 Å². The van der Waals surface area contributed by atoms with Crippen molar-refractivity contribution in [3.63, 3.8) is 0 Å². The highest BCUT2D eigenvalue weighted by Gasteiger charge is 2.05. The summed E-state index contributed by atoms with van der Waals surface area (Å²) in [7, 11) is 0. The van der Waals surface area contributed by atoms with Crippen LogP contribution in [0.25, 0.3) is 11.1 Å². The molecule has 0 N–H and O–H groups in total. The number of rotatable bonds is 13. The zero-order valence-electron chi connectivity index (χ0n) is 22.3. The van der Waals surface area contributed by atoms with E-state index in [0.29, 0.717) is 24.2 Å². The third-order valence-electron chi connectivity index (χ3n) is 5.11. The van der Waals surface area contributed by atoms with Gasteiger partial charge in [-0.25, -0.2) is 0 Å². The first kappa shape index (κ1) is 30.9. The van der Waals surface area contributed by atoms with Crippen LogP contribution in [0.2, 0.25) is 0 Å². The quantitative estimate of drug-likeness (QED) is 0.0693. The number of benzene rings is 2. The average molecular weight is 499 g/mol. The monoisotopic (exact) mass is 498 g/mol. The van der Waals surface area contributed by atoms with Crippen LogP contribution >= 0.6 is 0 Å². The summed E-state index contributed by atoms with van der Waals surface area (Å²) in [6.07, 6.45) is 10.5. The molecule has 0 fully saturated rings. The van der Waals surface area contributed by atoms with Crippen molar-refractivity contribution in [2.45, 2.75) is 46.5 Å². The van der Waals surface area contributed by atoms with Crippen LogP contribution in [0.4, 0.5) is 0 Å². The van der Waals surface area contributed by atoms with E-state index in [9.17, 15) is 9.59 Å². The number of hydrogen-bond donors (Lipinski definition) is 0. The topological polar surface area (TPSA) is 52.6 Å². The number of carbonyl (C=O) groups is 2. The first-order valence-electron chi connectivity index (χ1n) is 12.2. The summed E-state index contributed by atoms with van der Waals surface area (Å²) in [5.74, 6) is 0.728. The molecule has 0 amide bonds. The highest BCUT2D eigenvalue weighted by atomic mass is 16.5. The van der Waals surface area contributed by atoms with Crippen molar-refractivity contribution in [3.8, 4) is 16.9 Å². The van der Waals surface area contributed by atoms with Gasteiger partial charge in [-0.2, -0.15) is 0 Å². The van der Waals surface area contributed by atoms with E-state index < -0.39 is 0 Å². The van der Waals surface area contributed by atoms with Crippen molar-refractivity contribution in [2.24, 2.45) is 0 Å². The van der Waals surface area contributed by atoms with Crippen molar-refractivity contribution in [3.05, 3.63) is 127 Å². The molecule has 0 aromatic heterocycles. The van der Waals surface area contributed by atoms with Crippen LogP contribution in [-0.4, -0.2) is 12.4 Å². The summed E-state index contributed by atoms with van der Waals surface area (Å²) in [5.41, 5.74) is 5.96. The van der Waals surface area contributed by atoms with E-state index in [1.54, 1.807) is 12.2 Å². The molecule has 0 aliphatic rings. The fraction of sp³-hybridized carbons (Fsp3) is 0.212. The first-order chi connectivity index (χ1) is 17.7. The zero-order chi connectivity index (χ0) is 27.6. The predicted molar refractivity (Wildman–Crippen MR) is 154 cm³/mol. The largest absolute Gasteiger partial charge is 0.429 e. The maximum Gasteiger partial charge on any atom is 0.311 e. The summed E-state index contributed by atoms with van der Waals surface area (Å²) in [4.78, 5) is 21.7. The number of carbonyl (C=O) groups excluding carboxylic acids is 2. The molecule has 0 radical (unpaired) electrons. The van der Waals surface area contributed by atoms with Crippen molar-refractivity contribution < 1.29 is 19.1 Å². The molecule has 4 heteroatoms. The maximum absolute atomic E-state index is 11.7. The van der Waals surface area contributed by atoms with Gasteiger partial charge in [0, 0.05) is 6.42 Å². The Balaban J connectivity index is 0.000000387. The number of ether oxygens (including phenoxy) is 2. The van der Waals surface area contributed by atoms with Crippen molar-refractivity contribution in [1.29, 1.82) is 0 Å².